The summed E-state index contributed by atoms with van der Waals surface area (Å²) in [6.07, 6.45) is 5.18. The topological polar surface area (TPSA) is 54.0 Å². The van der Waals surface area contributed by atoms with E-state index >= 15 is 0 Å². The molecule has 4 nitrogen and oxygen atoms in total. The van der Waals surface area contributed by atoms with Crippen LogP contribution in [0.1, 0.15) is 26.7 Å². The molecule has 0 saturated carbocycles. The van der Waals surface area contributed by atoms with Crippen LogP contribution in [0.4, 0.5) is 11.5 Å². The van der Waals surface area contributed by atoms with E-state index in [9.17, 15) is 4.79 Å². The Labute approximate surface area is 109 Å². The van der Waals surface area contributed by atoms with Crippen molar-refractivity contribution in [2.45, 2.75) is 26.7 Å². The normalized spacial score (nSPS) is 10.2. The van der Waals surface area contributed by atoms with Crippen molar-refractivity contribution in [3.63, 3.8) is 0 Å². The van der Waals surface area contributed by atoms with Gasteiger partial charge in [0.1, 0.15) is 5.82 Å². The third-order valence-electron chi connectivity index (χ3n) is 2.82. The molecule has 0 spiro atoms. The molecule has 1 amide bonds. The van der Waals surface area contributed by atoms with Gasteiger partial charge in [-0.15, -0.1) is 6.58 Å². The number of carbonyl (C=O) groups excluding carboxylic acids is 1. The smallest absolute Gasteiger partial charge is 0.228 e. The summed E-state index contributed by atoms with van der Waals surface area (Å²) in [6, 6.07) is 3.69. The summed E-state index contributed by atoms with van der Waals surface area (Å²) in [5.41, 5.74) is 0.912. The molecule has 1 rings (SSSR count). The fourth-order valence-corrected chi connectivity index (χ4v) is 1.65. The number of aromatic nitrogens is 1. The van der Waals surface area contributed by atoms with Crippen molar-refractivity contribution in [1.82, 2.24) is 4.98 Å². The maximum absolute atomic E-state index is 11.9. The number of carbonyl (C=O) groups is 1. The van der Waals surface area contributed by atoms with Crippen LogP contribution in [0.3, 0.4) is 0 Å². The lowest BCUT2D eigenvalue weighted by Gasteiger charge is -2.12. The summed E-state index contributed by atoms with van der Waals surface area (Å²) >= 11 is 0. The zero-order valence-corrected chi connectivity index (χ0v) is 11.1. The third kappa shape index (κ3) is 4.20. The van der Waals surface area contributed by atoms with Gasteiger partial charge in [0, 0.05) is 12.5 Å². The predicted molar refractivity (Wildman–Crippen MR) is 75.6 cm³/mol. The van der Waals surface area contributed by atoms with Crippen molar-refractivity contribution in [1.29, 1.82) is 0 Å². The number of hydrogen-bond acceptors (Lipinski definition) is 3. The van der Waals surface area contributed by atoms with E-state index in [0.29, 0.717) is 12.4 Å². The number of anilines is 2. The van der Waals surface area contributed by atoms with Crippen molar-refractivity contribution >= 4 is 17.4 Å². The van der Waals surface area contributed by atoms with Crippen LogP contribution >= 0.6 is 0 Å². The second kappa shape index (κ2) is 7.48. The molecule has 2 N–H and O–H groups in total. The van der Waals surface area contributed by atoms with Crippen LogP contribution < -0.4 is 10.6 Å². The number of nitrogens with one attached hydrogen (secondary N) is 2. The van der Waals surface area contributed by atoms with Gasteiger partial charge in [-0.3, -0.25) is 4.79 Å². The van der Waals surface area contributed by atoms with Gasteiger partial charge in [0.2, 0.25) is 5.91 Å². The molecule has 0 bridgehead atoms. The Balaban J connectivity index is 2.57. The molecule has 0 fully saturated rings. The molecule has 0 radical (unpaired) electrons. The van der Waals surface area contributed by atoms with Crippen molar-refractivity contribution in [2.75, 3.05) is 17.2 Å². The number of amides is 1. The Morgan fingerprint density at radius 1 is 1.44 bits per heavy atom. The van der Waals surface area contributed by atoms with E-state index in [1.165, 1.54) is 0 Å². The zero-order chi connectivity index (χ0) is 13.4. The Hall–Kier alpha value is -1.84. The molecular weight excluding hydrogens is 226 g/mol. The lowest BCUT2D eigenvalue weighted by molar-refractivity contribution is -0.120. The third-order valence-corrected chi connectivity index (χ3v) is 2.82. The highest BCUT2D eigenvalue weighted by molar-refractivity contribution is 5.91. The van der Waals surface area contributed by atoms with E-state index in [4.69, 9.17) is 0 Å². The van der Waals surface area contributed by atoms with Gasteiger partial charge < -0.3 is 10.6 Å². The number of rotatable bonds is 7. The van der Waals surface area contributed by atoms with E-state index in [-0.39, 0.29) is 11.8 Å². The minimum atomic E-state index is 0.0410. The quantitative estimate of drug-likeness (QED) is 0.728. The molecule has 98 valence electrons. The lowest BCUT2D eigenvalue weighted by Crippen LogP contribution is -2.22. The standard InChI is InChI=1S/C14H21N3O/c1-4-9-15-12-7-8-13(16-10-12)17-14(18)11(5-2)6-3/h4,7-8,10-11,15H,1,5-6,9H2,2-3H3,(H,16,17,18). The molecule has 0 saturated heterocycles. The summed E-state index contributed by atoms with van der Waals surface area (Å²) in [4.78, 5) is 16.0. The van der Waals surface area contributed by atoms with E-state index in [1.54, 1.807) is 18.3 Å². The van der Waals surface area contributed by atoms with Crippen LogP contribution in [0.25, 0.3) is 0 Å². The van der Waals surface area contributed by atoms with Crippen molar-refractivity contribution in [2.24, 2.45) is 5.92 Å². The molecule has 0 aliphatic rings. The molecule has 0 aliphatic heterocycles. The Kier molecular flexibility index (Phi) is 5.91. The molecule has 1 heterocycles. The highest BCUT2D eigenvalue weighted by atomic mass is 16.1. The molecule has 18 heavy (non-hydrogen) atoms. The first-order valence-electron chi connectivity index (χ1n) is 6.32. The maximum atomic E-state index is 11.9. The van der Waals surface area contributed by atoms with Crippen molar-refractivity contribution in [3.8, 4) is 0 Å². The number of pyridine rings is 1. The van der Waals surface area contributed by atoms with Crippen molar-refractivity contribution in [3.05, 3.63) is 31.0 Å². The van der Waals surface area contributed by atoms with Crippen LogP contribution in [-0.2, 0) is 4.79 Å². The first kappa shape index (κ1) is 14.2. The summed E-state index contributed by atoms with van der Waals surface area (Å²) in [5, 5.41) is 5.96. The van der Waals surface area contributed by atoms with E-state index in [0.717, 1.165) is 18.5 Å². The monoisotopic (exact) mass is 247 g/mol. The van der Waals surface area contributed by atoms with Crippen molar-refractivity contribution < 1.29 is 4.79 Å². The fourth-order valence-electron chi connectivity index (χ4n) is 1.65. The molecule has 1 aromatic rings. The Morgan fingerprint density at radius 3 is 2.67 bits per heavy atom. The SMILES string of the molecule is C=CCNc1ccc(NC(=O)C(CC)CC)nc1. The first-order chi connectivity index (χ1) is 8.71. The van der Waals surface area contributed by atoms with Gasteiger partial charge in [-0.05, 0) is 25.0 Å². The predicted octanol–water partition coefficient (Wildman–Crippen LogP) is 3.05. The largest absolute Gasteiger partial charge is 0.380 e. The van der Waals surface area contributed by atoms with Crippen LogP contribution in [0.5, 0.6) is 0 Å². The molecular formula is C14H21N3O. The van der Waals surface area contributed by atoms with Gasteiger partial charge in [-0.1, -0.05) is 19.9 Å². The summed E-state index contributed by atoms with van der Waals surface area (Å²) in [6.45, 7) is 8.36. The second-order valence-electron chi connectivity index (χ2n) is 4.10. The minimum absolute atomic E-state index is 0.0410. The molecule has 0 aliphatic carbocycles. The van der Waals surface area contributed by atoms with Gasteiger partial charge in [0.15, 0.2) is 0 Å². The van der Waals surface area contributed by atoms with Gasteiger partial charge in [0.25, 0.3) is 0 Å². The first-order valence-corrected chi connectivity index (χ1v) is 6.32. The highest BCUT2D eigenvalue weighted by Gasteiger charge is 2.14. The molecule has 1 aromatic heterocycles. The molecule has 0 aromatic carbocycles. The van der Waals surface area contributed by atoms with Gasteiger partial charge >= 0.3 is 0 Å². The van der Waals surface area contributed by atoms with Gasteiger partial charge in [-0.25, -0.2) is 4.98 Å². The maximum Gasteiger partial charge on any atom is 0.228 e. The number of hydrogen-bond donors (Lipinski definition) is 2. The van der Waals surface area contributed by atoms with Crippen LogP contribution in [0.15, 0.2) is 31.0 Å². The Bertz CT molecular complexity index is 383. The Morgan fingerprint density at radius 2 is 2.17 bits per heavy atom. The van der Waals surface area contributed by atoms with Crippen LogP contribution in [0, 0.1) is 5.92 Å². The van der Waals surface area contributed by atoms with Gasteiger partial charge in [0.05, 0.1) is 11.9 Å². The van der Waals surface area contributed by atoms with E-state index in [1.807, 2.05) is 19.9 Å². The zero-order valence-electron chi connectivity index (χ0n) is 11.1. The van der Waals surface area contributed by atoms with E-state index in [2.05, 4.69) is 22.2 Å². The number of nitrogens with zero attached hydrogens (tertiary/aromatic N) is 1. The summed E-state index contributed by atoms with van der Waals surface area (Å²) in [5.74, 6) is 0.695. The van der Waals surface area contributed by atoms with E-state index < -0.39 is 0 Å². The fraction of sp³-hybridized carbons (Fsp3) is 0.429. The summed E-state index contributed by atoms with van der Waals surface area (Å²) < 4.78 is 0. The van der Waals surface area contributed by atoms with Crippen LogP contribution in [-0.4, -0.2) is 17.4 Å². The average Bonchev–Trinajstić information content (AvgIpc) is 2.39. The van der Waals surface area contributed by atoms with Gasteiger partial charge in [-0.2, -0.15) is 0 Å². The second-order valence-corrected chi connectivity index (χ2v) is 4.10. The minimum Gasteiger partial charge on any atom is -0.380 e. The molecule has 0 atom stereocenters. The summed E-state index contributed by atoms with van der Waals surface area (Å²) in [7, 11) is 0. The lowest BCUT2D eigenvalue weighted by atomic mass is 10.0. The average molecular weight is 247 g/mol. The molecule has 0 unspecified atom stereocenters. The highest BCUT2D eigenvalue weighted by Crippen LogP contribution is 2.13. The van der Waals surface area contributed by atoms with Crippen LogP contribution in [0.2, 0.25) is 0 Å². The molecule has 4 heteroatoms.